The number of carbonyl (C=O) groups excluding carboxylic acids is 1. The van der Waals surface area contributed by atoms with Gasteiger partial charge in [0.1, 0.15) is 6.10 Å². The van der Waals surface area contributed by atoms with Crippen LogP contribution in [0.2, 0.25) is 0 Å². The molecule has 0 N–H and O–H groups in total. The molecule has 0 saturated carbocycles. The summed E-state index contributed by atoms with van der Waals surface area (Å²) in [7, 11) is -3.06. The molecule has 3 rings (SSSR count). The van der Waals surface area contributed by atoms with Gasteiger partial charge in [0.15, 0.2) is 0 Å². The Hall–Kier alpha value is 0.0200. The van der Waals surface area contributed by atoms with Crippen LogP contribution in [0.3, 0.4) is 0 Å². The topological polar surface area (TPSA) is 92.7 Å². The molecule has 0 aliphatic carbocycles. The van der Waals surface area contributed by atoms with E-state index in [-0.39, 0.29) is 65.5 Å². The number of allylic oxidation sites excluding steroid dienone is 1. The Morgan fingerprint density at radius 1 is 1.19 bits per heavy atom. The molecule has 1 saturated heterocycles. The van der Waals surface area contributed by atoms with Gasteiger partial charge in [-0.3, -0.25) is 9.69 Å². The molecule has 1 aliphatic heterocycles. The fourth-order valence-corrected chi connectivity index (χ4v) is 4.39. The van der Waals surface area contributed by atoms with E-state index in [9.17, 15) is 19.1 Å². The van der Waals surface area contributed by atoms with Crippen LogP contribution < -0.4 is 68.9 Å². The summed E-state index contributed by atoms with van der Waals surface area (Å²) in [6.45, 7) is 3.15. The molecule has 31 heavy (non-hydrogen) atoms. The number of ether oxygens (including phenoxy) is 1. The number of esters is 1. The summed E-state index contributed by atoms with van der Waals surface area (Å²) in [6.07, 6.45) is 3.42. The molecule has 0 bridgehead atoms. The van der Waals surface area contributed by atoms with E-state index in [0.717, 1.165) is 12.8 Å². The first-order chi connectivity index (χ1) is 13.7. The number of hydrogen-bond acceptors (Lipinski definition) is 6. The largest absolute Gasteiger partial charge is 1.00 e. The van der Waals surface area contributed by atoms with Crippen molar-refractivity contribution >= 4 is 24.3 Å². The van der Waals surface area contributed by atoms with Crippen molar-refractivity contribution in [1.29, 1.82) is 0 Å². The molecule has 0 aromatic heterocycles. The van der Waals surface area contributed by atoms with Crippen molar-refractivity contribution in [1.82, 2.24) is 4.90 Å². The maximum absolute atomic E-state index is 11.6. The predicted molar refractivity (Wildman–Crippen MR) is 109 cm³/mol. The third-order valence-electron chi connectivity index (χ3n) is 5.31. The minimum absolute atomic E-state index is 0. The molecule has 2 atom stereocenters. The Morgan fingerprint density at radius 2 is 1.87 bits per heavy atom. The monoisotopic (exact) mass is 461 g/mol. The zero-order chi connectivity index (χ0) is 21.0. The summed E-state index contributed by atoms with van der Waals surface area (Å²) in [5.74, 6) is -0.918. The summed E-state index contributed by atoms with van der Waals surface area (Å²) in [5.41, 5.74) is 1.02. The maximum atomic E-state index is 11.6. The first-order valence-corrected chi connectivity index (χ1v) is 11.4. The second-order valence-corrected chi connectivity index (χ2v) is 9.51. The number of rotatable bonds is 8. The van der Waals surface area contributed by atoms with Gasteiger partial charge in [-0.05, 0) is 43.1 Å². The van der Waals surface area contributed by atoms with Gasteiger partial charge in [-0.25, -0.2) is 0 Å². The van der Waals surface area contributed by atoms with Crippen LogP contribution >= 0.6 is 7.60 Å². The van der Waals surface area contributed by atoms with Crippen molar-refractivity contribution in [3.63, 3.8) is 0 Å². The average molecular weight is 461 g/mol. The Morgan fingerprint density at radius 3 is 2.52 bits per heavy atom. The van der Waals surface area contributed by atoms with Crippen LogP contribution in [0.5, 0.6) is 0 Å². The van der Waals surface area contributed by atoms with Gasteiger partial charge < -0.3 is 19.1 Å². The molecule has 0 spiro atoms. The fraction of sp³-hybridized carbons (Fsp3) is 0.409. The van der Waals surface area contributed by atoms with E-state index in [1.807, 2.05) is 24.1 Å². The third-order valence-corrected chi connectivity index (χ3v) is 6.50. The zero-order valence-corrected chi connectivity index (χ0v) is 23.6. The Kier molecular flexibility index (Phi) is 12.2. The second-order valence-electron chi connectivity index (χ2n) is 7.80. The van der Waals surface area contributed by atoms with E-state index in [2.05, 4.69) is 43.3 Å². The molecule has 1 fully saturated rings. The number of carbonyl (C=O) groups is 1. The summed E-state index contributed by atoms with van der Waals surface area (Å²) in [5, 5.41) is 2.49. The zero-order valence-electron chi connectivity index (χ0n) is 18.7. The van der Waals surface area contributed by atoms with Gasteiger partial charge in [-0.15, -0.1) is 0 Å². The smallest absolute Gasteiger partial charge is 0.810 e. The van der Waals surface area contributed by atoms with Gasteiger partial charge in [0, 0.05) is 19.5 Å². The van der Waals surface area contributed by atoms with Gasteiger partial charge in [-0.1, -0.05) is 61.7 Å². The minimum atomic E-state index is -4.94. The van der Waals surface area contributed by atoms with E-state index >= 15 is 0 Å². The number of cyclic esters (lactones) is 1. The number of hydrogen-bond donors (Lipinski definition) is 0. The van der Waals surface area contributed by atoms with Gasteiger partial charge in [0.2, 0.25) is 0 Å². The summed E-state index contributed by atoms with van der Waals surface area (Å²) < 4.78 is 16.1. The van der Waals surface area contributed by atoms with E-state index < -0.39 is 25.3 Å². The van der Waals surface area contributed by atoms with Crippen molar-refractivity contribution in [2.24, 2.45) is 0 Å². The molecule has 0 amide bonds. The second kappa shape index (κ2) is 13.0. The molecular weight excluding hydrogens is 435 g/mol. The van der Waals surface area contributed by atoms with E-state index in [4.69, 9.17) is 4.74 Å². The molecule has 1 aliphatic rings. The first-order valence-electron chi connectivity index (χ1n) is 9.76. The van der Waals surface area contributed by atoms with Crippen LogP contribution in [-0.2, 0) is 20.5 Å². The predicted octanol–water partition coefficient (Wildman–Crippen LogP) is -3.74. The fourth-order valence-electron chi connectivity index (χ4n) is 3.58. The van der Waals surface area contributed by atoms with Crippen LogP contribution in [0.25, 0.3) is 10.8 Å². The van der Waals surface area contributed by atoms with Crippen LogP contribution in [0.15, 0.2) is 54.1 Å². The molecule has 6 nitrogen and oxygen atoms in total. The quantitative estimate of drug-likeness (QED) is 0.174. The molecule has 2 aromatic carbocycles. The number of nitrogens with zero attached hydrogens (tertiary/aromatic N) is 1. The SMILES string of the molecule is CC(=CCN(C)CC1CC(P(=O)([O-])[O-])C(=O)O1)CCc1ccc2ccccc2c1.[Na+].[Na+]. The molecular formula is C22H26NNa2O5P. The molecule has 0 radical (unpaired) electrons. The Labute approximate surface area is 228 Å². The van der Waals surface area contributed by atoms with Crippen LogP contribution in [0, 0.1) is 0 Å². The molecule has 156 valence electrons. The van der Waals surface area contributed by atoms with Crippen LogP contribution in [0.4, 0.5) is 0 Å². The van der Waals surface area contributed by atoms with Gasteiger partial charge >= 0.3 is 65.1 Å². The minimum Gasteiger partial charge on any atom is -0.810 e. The van der Waals surface area contributed by atoms with Crippen LogP contribution in [0.1, 0.15) is 25.3 Å². The number of benzene rings is 2. The average Bonchev–Trinajstić information content (AvgIpc) is 3.05. The summed E-state index contributed by atoms with van der Waals surface area (Å²) in [4.78, 5) is 35.7. The Balaban J connectivity index is 0.00000240. The van der Waals surface area contributed by atoms with Gasteiger partial charge in [0.05, 0.1) is 5.66 Å². The van der Waals surface area contributed by atoms with E-state index in [0.29, 0.717) is 13.1 Å². The summed E-state index contributed by atoms with van der Waals surface area (Å²) in [6, 6.07) is 14.9. The first kappa shape index (κ1) is 29.1. The van der Waals surface area contributed by atoms with Crippen molar-refractivity contribution in [3.05, 3.63) is 59.7 Å². The van der Waals surface area contributed by atoms with Crippen molar-refractivity contribution in [2.75, 3.05) is 20.1 Å². The third kappa shape index (κ3) is 8.71. The maximum Gasteiger partial charge on any atom is 1.00 e. The van der Waals surface area contributed by atoms with E-state index in [1.165, 1.54) is 21.9 Å². The van der Waals surface area contributed by atoms with Gasteiger partial charge in [-0.2, -0.15) is 0 Å². The van der Waals surface area contributed by atoms with E-state index in [1.54, 1.807) is 0 Å². The molecule has 2 aromatic rings. The molecule has 1 heterocycles. The standard InChI is InChI=1S/C22H28NO5P.2Na/c1-16(7-8-17-9-10-18-5-3-4-6-19(18)13-17)11-12-23(2)15-20-14-21(22(24)28-20)29(25,26)27;;/h3-6,9-11,13,20-21H,7-8,12,14-15H2,1-2H3,(H2,25,26,27);;/q;2*+1/p-2. The number of aryl methyl sites for hydroxylation is 1. The van der Waals surface area contributed by atoms with Crippen molar-refractivity contribution in [3.8, 4) is 0 Å². The Bertz CT molecular complexity index is 962. The summed E-state index contributed by atoms with van der Waals surface area (Å²) >= 11 is 0. The van der Waals surface area contributed by atoms with Gasteiger partial charge in [0.25, 0.3) is 0 Å². The normalized spacial score (nSPS) is 19.1. The molecule has 2 unspecified atom stereocenters. The number of likely N-dealkylation sites (N-methyl/N-ethyl adjacent to an activating group) is 1. The van der Waals surface area contributed by atoms with Crippen LogP contribution in [-0.4, -0.2) is 42.8 Å². The van der Waals surface area contributed by atoms with Crippen molar-refractivity contribution < 1.29 is 83.0 Å². The van der Waals surface area contributed by atoms with Crippen molar-refractivity contribution in [2.45, 2.75) is 37.9 Å². The molecule has 9 heteroatoms. The number of fused-ring (bicyclic) bond motifs is 1.